The first kappa shape index (κ1) is 15.9. The van der Waals surface area contributed by atoms with Gasteiger partial charge in [0.25, 0.3) is 0 Å². The molecule has 3 nitrogen and oxygen atoms in total. The van der Waals surface area contributed by atoms with E-state index in [0.29, 0.717) is 6.04 Å². The van der Waals surface area contributed by atoms with E-state index >= 15 is 0 Å². The van der Waals surface area contributed by atoms with Crippen molar-refractivity contribution >= 4 is 24.0 Å². The predicted octanol–water partition coefficient (Wildman–Crippen LogP) is 3.08. The molecule has 5 heteroatoms. The van der Waals surface area contributed by atoms with E-state index in [9.17, 15) is 0 Å². The van der Waals surface area contributed by atoms with E-state index in [0.717, 1.165) is 49.4 Å². The van der Waals surface area contributed by atoms with Gasteiger partial charge in [-0.3, -0.25) is 4.90 Å². The largest absolute Gasteiger partial charge is 0.493 e. The second-order valence-electron chi connectivity index (χ2n) is 5.79. The summed E-state index contributed by atoms with van der Waals surface area (Å²) in [6.45, 7) is 3.76. The smallest absolute Gasteiger partial charge is 0.123 e. The zero-order valence-electron chi connectivity index (χ0n) is 11.6. The minimum atomic E-state index is 0. The van der Waals surface area contributed by atoms with Gasteiger partial charge in [0.15, 0.2) is 0 Å². The first-order valence-corrected chi connectivity index (χ1v) is 7.47. The molecule has 20 heavy (non-hydrogen) atoms. The highest BCUT2D eigenvalue weighted by Gasteiger charge is 2.23. The quantitative estimate of drug-likeness (QED) is 0.907. The first-order chi connectivity index (χ1) is 9.20. The third-order valence-electron chi connectivity index (χ3n) is 3.90. The Bertz CT molecular complexity index is 451. The van der Waals surface area contributed by atoms with Crippen LogP contribution in [0, 0.1) is 5.92 Å². The molecule has 0 aromatic heterocycles. The van der Waals surface area contributed by atoms with Gasteiger partial charge >= 0.3 is 0 Å². The average Bonchev–Trinajstić information content (AvgIpc) is 3.12. The van der Waals surface area contributed by atoms with Crippen LogP contribution in [0.4, 0.5) is 0 Å². The summed E-state index contributed by atoms with van der Waals surface area (Å²) in [5, 5.41) is 0.775. The number of halogens is 2. The number of rotatable bonds is 5. The Hall–Kier alpha value is -0.480. The van der Waals surface area contributed by atoms with Gasteiger partial charge in [-0.1, -0.05) is 11.6 Å². The standard InChI is InChI=1S/C15H21ClN2O.ClH/c16-13-3-4-15(19-10-11-1-2-11)12(7-13)8-18-6-5-14(17)9-18;/h3-4,7,11,14H,1-2,5-6,8-10,17H2;1H/t14-;/m1./s1. The fourth-order valence-corrected chi connectivity index (χ4v) is 2.75. The van der Waals surface area contributed by atoms with E-state index in [1.165, 1.54) is 18.4 Å². The maximum atomic E-state index is 6.11. The van der Waals surface area contributed by atoms with Crippen molar-refractivity contribution in [2.75, 3.05) is 19.7 Å². The molecule has 0 unspecified atom stereocenters. The van der Waals surface area contributed by atoms with Gasteiger partial charge in [-0.15, -0.1) is 12.4 Å². The maximum absolute atomic E-state index is 6.11. The van der Waals surface area contributed by atoms with Crippen LogP contribution >= 0.6 is 24.0 Å². The Kier molecular flexibility index (Phi) is 5.56. The lowest BCUT2D eigenvalue weighted by atomic mass is 10.2. The van der Waals surface area contributed by atoms with Crippen LogP contribution in [0.5, 0.6) is 5.75 Å². The molecule has 1 aromatic rings. The van der Waals surface area contributed by atoms with Crippen molar-refractivity contribution in [2.24, 2.45) is 11.7 Å². The number of likely N-dealkylation sites (tertiary alicyclic amines) is 1. The summed E-state index contributed by atoms with van der Waals surface area (Å²) in [6, 6.07) is 6.24. The SMILES string of the molecule is Cl.N[C@@H]1CCN(Cc2cc(Cl)ccc2OCC2CC2)C1. The van der Waals surface area contributed by atoms with Crippen LogP contribution in [0.15, 0.2) is 18.2 Å². The summed E-state index contributed by atoms with van der Waals surface area (Å²) in [7, 11) is 0. The molecule has 1 aliphatic carbocycles. The summed E-state index contributed by atoms with van der Waals surface area (Å²) in [4.78, 5) is 2.38. The van der Waals surface area contributed by atoms with Gasteiger partial charge < -0.3 is 10.5 Å². The highest BCUT2D eigenvalue weighted by atomic mass is 35.5. The van der Waals surface area contributed by atoms with Crippen molar-refractivity contribution in [2.45, 2.75) is 31.8 Å². The predicted molar refractivity (Wildman–Crippen MR) is 84.8 cm³/mol. The minimum absolute atomic E-state index is 0. The second kappa shape index (κ2) is 6.99. The van der Waals surface area contributed by atoms with Crippen molar-refractivity contribution in [3.63, 3.8) is 0 Å². The lowest BCUT2D eigenvalue weighted by molar-refractivity contribution is 0.281. The van der Waals surface area contributed by atoms with Crippen LogP contribution in [0.2, 0.25) is 5.02 Å². The first-order valence-electron chi connectivity index (χ1n) is 7.10. The lowest BCUT2D eigenvalue weighted by Gasteiger charge is -2.18. The van der Waals surface area contributed by atoms with Gasteiger partial charge in [0, 0.05) is 36.3 Å². The molecule has 1 atom stereocenters. The fraction of sp³-hybridized carbons (Fsp3) is 0.600. The normalized spacial score (nSPS) is 22.6. The molecule has 2 N–H and O–H groups in total. The molecule has 0 amide bonds. The Balaban J connectivity index is 0.00000147. The number of hydrogen-bond acceptors (Lipinski definition) is 3. The van der Waals surface area contributed by atoms with Crippen molar-refractivity contribution in [1.82, 2.24) is 4.90 Å². The number of nitrogens with two attached hydrogens (primary N) is 1. The average molecular weight is 317 g/mol. The summed E-state index contributed by atoms with van der Waals surface area (Å²) in [6.07, 6.45) is 3.70. The Labute approximate surface area is 131 Å². The van der Waals surface area contributed by atoms with Crippen molar-refractivity contribution < 1.29 is 4.74 Å². The number of ether oxygens (including phenoxy) is 1. The molecular weight excluding hydrogens is 295 g/mol. The van der Waals surface area contributed by atoms with Gasteiger partial charge in [-0.25, -0.2) is 0 Å². The van der Waals surface area contributed by atoms with Crippen LogP contribution in [-0.4, -0.2) is 30.6 Å². The maximum Gasteiger partial charge on any atom is 0.123 e. The van der Waals surface area contributed by atoms with Crippen molar-refractivity contribution in [3.8, 4) is 5.75 Å². The van der Waals surface area contributed by atoms with E-state index in [1.54, 1.807) is 0 Å². The Morgan fingerprint density at radius 3 is 2.75 bits per heavy atom. The lowest BCUT2D eigenvalue weighted by Crippen LogP contribution is -2.26. The van der Waals surface area contributed by atoms with Crippen molar-refractivity contribution in [3.05, 3.63) is 28.8 Å². The van der Waals surface area contributed by atoms with Gasteiger partial charge in [-0.05, 0) is 43.4 Å². The third kappa shape index (κ3) is 4.26. The van der Waals surface area contributed by atoms with Crippen LogP contribution in [0.25, 0.3) is 0 Å². The number of hydrogen-bond donors (Lipinski definition) is 1. The van der Waals surface area contributed by atoms with Crippen LogP contribution in [0.1, 0.15) is 24.8 Å². The molecule has 0 radical (unpaired) electrons. The highest BCUT2D eigenvalue weighted by Crippen LogP contribution is 2.31. The fourth-order valence-electron chi connectivity index (χ4n) is 2.55. The molecule has 0 spiro atoms. The van der Waals surface area contributed by atoms with Crippen LogP contribution in [0.3, 0.4) is 0 Å². The molecule has 2 aliphatic rings. The molecule has 2 fully saturated rings. The molecule has 112 valence electrons. The van der Waals surface area contributed by atoms with E-state index in [1.807, 2.05) is 18.2 Å². The molecule has 3 rings (SSSR count). The van der Waals surface area contributed by atoms with E-state index in [4.69, 9.17) is 22.1 Å². The zero-order valence-corrected chi connectivity index (χ0v) is 13.1. The van der Waals surface area contributed by atoms with Gasteiger partial charge in [0.05, 0.1) is 6.61 Å². The summed E-state index contributed by atoms with van der Waals surface area (Å²) >= 11 is 6.11. The van der Waals surface area contributed by atoms with Gasteiger partial charge in [-0.2, -0.15) is 0 Å². The molecule has 1 heterocycles. The molecule has 1 saturated carbocycles. The van der Waals surface area contributed by atoms with Gasteiger partial charge in [0.2, 0.25) is 0 Å². The minimum Gasteiger partial charge on any atom is -0.493 e. The monoisotopic (exact) mass is 316 g/mol. The second-order valence-corrected chi connectivity index (χ2v) is 6.23. The van der Waals surface area contributed by atoms with E-state index in [-0.39, 0.29) is 12.4 Å². The van der Waals surface area contributed by atoms with E-state index in [2.05, 4.69) is 4.90 Å². The van der Waals surface area contributed by atoms with Crippen molar-refractivity contribution in [1.29, 1.82) is 0 Å². The third-order valence-corrected chi connectivity index (χ3v) is 4.13. The number of nitrogens with zero attached hydrogens (tertiary/aromatic N) is 1. The highest BCUT2D eigenvalue weighted by molar-refractivity contribution is 6.30. The molecule has 1 aromatic carbocycles. The van der Waals surface area contributed by atoms with Crippen LogP contribution < -0.4 is 10.5 Å². The number of benzene rings is 1. The molecule has 1 saturated heterocycles. The van der Waals surface area contributed by atoms with Gasteiger partial charge in [0.1, 0.15) is 5.75 Å². The van der Waals surface area contributed by atoms with E-state index < -0.39 is 0 Å². The summed E-state index contributed by atoms with van der Waals surface area (Å²) in [5.41, 5.74) is 7.14. The molecule has 0 bridgehead atoms. The Morgan fingerprint density at radius 2 is 2.10 bits per heavy atom. The zero-order chi connectivity index (χ0) is 13.2. The van der Waals surface area contributed by atoms with Crippen LogP contribution in [-0.2, 0) is 6.54 Å². The Morgan fingerprint density at radius 1 is 1.30 bits per heavy atom. The summed E-state index contributed by atoms with van der Waals surface area (Å²) in [5.74, 6) is 1.75. The molecular formula is C15H22Cl2N2O. The molecule has 1 aliphatic heterocycles. The topological polar surface area (TPSA) is 38.5 Å². The summed E-state index contributed by atoms with van der Waals surface area (Å²) < 4.78 is 5.94.